The van der Waals surface area contributed by atoms with Crippen LogP contribution < -0.4 is 27.4 Å². The molecule has 3 rings (SSSR count). The first-order valence-corrected chi connectivity index (χ1v) is 15.9. The Hall–Kier alpha value is -4.07. The highest BCUT2D eigenvalue weighted by Gasteiger charge is 2.30. The summed E-state index contributed by atoms with van der Waals surface area (Å²) in [6.45, 7) is 0.390. The molecule has 4 atom stereocenters. The highest BCUT2D eigenvalue weighted by Crippen LogP contribution is 2.19. The first-order valence-electron chi connectivity index (χ1n) is 14.5. The fourth-order valence-electron chi connectivity index (χ4n) is 4.79. The van der Waals surface area contributed by atoms with Crippen molar-refractivity contribution in [1.29, 1.82) is 0 Å². The number of carbonyl (C=O) groups is 4. The Bertz CT molecular complexity index is 1400. The number of hydrogen-bond donors (Lipinski definition) is 8. The number of para-hydroxylation sites is 1. The van der Waals surface area contributed by atoms with Crippen LogP contribution in [0, 0.1) is 0 Å². The molecule has 12 nitrogen and oxygen atoms in total. The number of aromatic hydroxyl groups is 1. The Morgan fingerprint density at radius 1 is 0.864 bits per heavy atom. The molecule has 0 saturated heterocycles. The summed E-state index contributed by atoms with van der Waals surface area (Å²) >= 11 is 1.50. The summed E-state index contributed by atoms with van der Waals surface area (Å²) in [5.41, 5.74) is 14.3. The molecule has 0 aliphatic heterocycles. The summed E-state index contributed by atoms with van der Waals surface area (Å²) < 4.78 is 0. The number of phenols is 1. The number of aromatic nitrogens is 1. The highest BCUT2D eigenvalue weighted by molar-refractivity contribution is 7.98. The summed E-state index contributed by atoms with van der Waals surface area (Å²) in [4.78, 5) is 55.0. The van der Waals surface area contributed by atoms with Crippen LogP contribution in [0.2, 0.25) is 0 Å². The lowest BCUT2D eigenvalue weighted by molar-refractivity contribution is -0.142. The van der Waals surface area contributed by atoms with Gasteiger partial charge in [0.05, 0.1) is 6.04 Å². The number of rotatable bonds is 18. The number of carbonyl (C=O) groups excluding carboxylic acids is 3. The highest BCUT2D eigenvalue weighted by atomic mass is 32.2. The van der Waals surface area contributed by atoms with Crippen molar-refractivity contribution in [2.24, 2.45) is 11.5 Å². The fourth-order valence-corrected chi connectivity index (χ4v) is 5.26. The molecule has 0 aliphatic carbocycles. The maximum absolute atomic E-state index is 13.5. The monoisotopic (exact) mass is 626 g/mol. The van der Waals surface area contributed by atoms with E-state index < -0.39 is 47.9 Å². The molecule has 4 unspecified atom stereocenters. The Balaban J connectivity index is 1.69. The first-order chi connectivity index (χ1) is 21.1. The van der Waals surface area contributed by atoms with Gasteiger partial charge >= 0.3 is 5.97 Å². The van der Waals surface area contributed by atoms with Crippen LogP contribution in [0.3, 0.4) is 0 Å². The van der Waals surface area contributed by atoms with Gasteiger partial charge in [-0.15, -0.1) is 0 Å². The van der Waals surface area contributed by atoms with Gasteiger partial charge in [-0.1, -0.05) is 30.3 Å². The van der Waals surface area contributed by atoms with Crippen LogP contribution in [-0.4, -0.2) is 81.6 Å². The number of benzene rings is 2. The molecule has 238 valence electrons. The molecule has 0 aliphatic rings. The smallest absolute Gasteiger partial charge is 0.326 e. The van der Waals surface area contributed by atoms with Crippen LogP contribution in [0.1, 0.15) is 36.8 Å². The van der Waals surface area contributed by atoms with E-state index in [9.17, 15) is 29.4 Å². The largest absolute Gasteiger partial charge is 0.508 e. The maximum Gasteiger partial charge on any atom is 0.326 e. The van der Waals surface area contributed by atoms with E-state index in [-0.39, 0.29) is 25.0 Å². The van der Waals surface area contributed by atoms with Crippen LogP contribution in [-0.2, 0) is 32.0 Å². The van der Waals surface area contributed by atoms with Crippen molar-refractivity contribution in [3.63, 3.8) is 0 Å². The molecule has 3 amide bonds. The molecule has 1 heterocycles. The molecule has 0 saturated carbocycles. The van der Waals surface area contributed by atoms with Crippen LogP contribution in [0.25, 0.3) is 10.9 Å². The Morgan fingerprint density at radius 3 is 2.16 bits per heavy atom. The Morgan fingerprint density at radius 2 is 1.50 bits per heavy atom. The minimum atomic E-state index is -1.27. The number of unbranched alkanes of at least 4 members (excludes halogenated alkanes) is 1. The molecule has 44 heavy (non-hydrogen) atoms. The lowest BCUT2D eigenvalue weighted by Crippen LogP contribution is -2.57. The summed E-state index contributed by atoms with van der Waals surface area (Å²) in [6, 6.07) is 9.49. The zero-order chi connectivity index (χ0) is 32.1. The van der Waals surface area contributed by atoms with Crippen LogP contribution in [0.4, 0.5) is 0 Å². The van der Waals surface area contributed by atoms with E-state index in [4.69, 9.17) is 11.5 Å². The number of H-pyrrole nitrogens is 1. The standard InChI is InChI=1S/C31H42N6O6S/c1-44-15-13-26(35-28(39)23(33)17-20-18-34-24-7-3-2-6-22(20)24)30(41)36-25(8-4-5-14-32)29(40)37-27(31(42)43)16-19-9-11-21(38)12-10-19/h2-3,6-7,9-12,18,23,25-27,34,38H,4-5,8,13-17,32-33H2,1H3,(H,35,39)(H,36,41)(H,37,40)(H,42,43). The molecule has 13 heteroatoms. The number of nitrogens with one attached hydrogen (secondary N) is 4. The van der Waals surface area contributed by atoms with Gasteiger partial charge in [0, 0.05) is 23.5 Å². The molecule has 3 aromatic rings. The molecule has 1 aromatic heterocycles. The minimum absolute atomic E-state index is 0.0223. The minimum Gasteiger partial charge on any atom is -0.508 e. The van der Waals surface area contributed by atoms with Gasteiger partial charge in [-0.2, -0.15) is 11.8 Å². The third-order valence-corrected chi connectivity index (χ3v) is 7.91. The summed E-state index contributed by atoms with van der Waals surface area (Å²) in [5, 5.41) is 28.3. The Labute approximate surface area is 260 Å². The SMILES string of the molecule is CSCCC(NC(=O)C(N)Cc1c[nH]c2ccccc12)C(=O)NC(CCCCN)C(=O)NC(Cc1ccc(O)cc1)C(=O)O. The summed E-state index contributed by atoms with van der Waals surface area (Å²) in [5.74, 6) is -2.37. The van der Waals surface area contributed by atoms with E-state index in [2.05, 4.69) is 20.9 Å². The number of amides is 3. The van der Waals surface area contributed by atoms with E-state index in [1.807, 2.05) is 36.7 Å². The van der Waals surface area contributed by atoms with Gasteiger partial charge in [0.25, 0.3) is 0 Å². The number of phenolic OH excluding ortho intramolecular Hbond substituents is 1. The third kappa shape index (κ3) is 10.3. The quantitative estimate of drug-likeness (QED) is 0.0957. The number of aliphatic carboxylic acids is 1. The topological polar surface area (TPSA) is 213 Å². The fraction of sp³-hybridized carbons (Fsp3) is 0.419. The predicted molar refractivity (Wildman–Crippen MR) is 171 cm³/mol. The van der Waals surface area contributed by atoms with Crippen molar-refractivity contribution in [3.05, 3.63) is 65.9 Å². The average Bonchev–Trinajstić information content (AvgIpc) is 3.41. The van der Waals surface area contributed by atoms with Gasteiger partial charge in [-0.3, -0.25) is 14.4 Å². The predicted octanol–water partition coefficient (Wildman–Crippen LogP) is 1.41. The molecule has 0 spiro atoms. The zero-order valence-electron chi connectivity index (χ0n) is 24.8. The molecule has 0 bridgehead atoms. The number of fused-ring (bicyclic) bond motifs is 1. The number of hydrogen-bond acceptors (Lipinski definition) is 8. The van der Waals surface area contributed by atoms with Crippen LogP contribution in [0.15, 0.2) is 54.7 Å². The van der Waals surface area contributed by atoms with Crippen molar-refractivity contribution in [3.8, 4) is 5.75 Å². The van der Waals surface area contributed by atoms with Gasteiger partial charge in [0.15, 0.2) is 0 Å². The molecular formula is C31H42N6O6S. The molecule has 0 fully saturated rings. The molecule has 0 radical (unpaired) electrons. The summed E-state index contributed by atoms with van der Waals surface area (Å²) in [6.07, 6.45) is 5.57. The van der Waals surface area contributed by atoms with Crippen molar-refractivity contribution >= 4 is 46.4 Å². The lowest BCUT2D eigenvalue weighted by Gasteiger charge is -2.25. The van der Waals surface area contributed by atoms with Crippen molar-refractivity contribution < 1.29 is 29.4 Å². The van der Waals surface area contributed by atoms with E-state index in [0.717, 1.165) is 16.5 Å². The number of carboxylic acids is 1. The van der Waals surface area contributed by atoms with E-state index in [0.29, 0.717) is 37.1 Å². The van der Waals surface area contributed by atoms with E-state index in [1.54, 1.807) is 12.1 Å². The number of thioether (sulfide) groups is 1. The lowest BCUT2D eigenvalue weighted by atomic mass is 10.0. The molecule has 2 aromatic carbocycles. The zero-order valence-corrected chi connectivity index (χ0v) is 25.6. The second kappa shape index (κ2) is 17.3. The second-order valence-electron chi connectivity index (χ2n) is 10.6. The Kier molecular flexibility index (Phi) is 13.5. The molecular weight excluding hydrogens is 584 g/mol. The number of carboxylic acid groups (broad SMARTS) is 1. The van der Waals surface area contributed by atoms with Gasteiger partial charge in [0.1, 0.15) is 23.9 Å². The number of aromatic amines is 1. The maximum atomic E-state index is 13.5. The van der Waals surface area contributed by atoms with Crippen molar-refractivity contribution in [2.75, 3.05) is 18.6 Å². The van der Waals surface area contributed by atoms with Crippen molar-refractivity contribution in [1.82, 2.24) is 20.9 Å². The van der Waals surface area contributed by atoms with E-state index >= 15 is 0 Å². The first kappa shape index (κ1) is 34.4. The normalized spacial score (nSPS) is 13.9. The van der Waals surface area contributed by atoms with Crippen LogP contribution >= 0.6 is 11.8 Å². The van der Waals surface area contributed by atoms with Gasteiger partial charge in [-0.25, -0.2) is 4.79 Å². The van der Waals surface area contributed by atoms with Crippen LogP contribution in [0.5, 0.6) is 5.75 Å². The van der Waals surface area contributed by atoms with Crippen molar-refractivity contribution in [2.45, 2.75) is 62.7 Å². The number of nitrogens with two attached hydrogens (primary N) is 2. The van der Waals surface area contributed by atoms with Gasteiger partial charge in [-0.05, 0) is 80.0 Å². The van der Waals surface area contributed by atoms with E-state index in [1.165, 1.54) is 23.9 Å². The second-order valence-corrected chi connectivity index (χ2v) is 11.6. The average molecular weight is 627 g/mol. The third-order valence-electron chi connectivity index (χ3n) is 7.27. The molecule has 10 N–H and O–H groups in total. The summed E-state index contributed by atoms with van der Waals surface area (Å²) in [7, 11) is 0. The van der Waals surface area contributed by atoms with Gasteiger partial charge in [0.2, 0.25) is 17.7 Å². The van der Waals surface area contributed by atoms with Gasteiger partial charge < -0.3 is 42.6 Å².